The molecule has 0 bridgehead atoms. The average molecular weight is 315 g/mol. The number of piperidine rings is 1. The number of pyridine rings is 1. The van der Waals surface area contributed by atoms with Gasteiger partial charge in [0.1, 0.15) is 12.4 Å². The van der Waals surface area contributed by atoms with E-state index >= 15 is 0 Å². The largest absolute Gasteiger partial charge is 0.423 e. The second-order valence-electron chi connectivity index (χ2n) is 5.45. The van der Waals surface area contributed by atoms with E-state index in [4.69, 9.17) is 10.3 Å². The molecule has 8 nitrogen and oxygen atoms in total. The first-order valence-electron chi connectivity index (χ1n) is 7.75. The zero-order chi connectivity index (χ0) is 16.1. The number of hydrogen-bond donors (Lipinski definition) is 1. The average Bonchev–Trinajstić information content (AvgIpc) is 3.04. The van der Waals surface area contributed by atoms with Gasteiger partial charge >= 0.3 is 0 Å². The van der Waals surface area contributed by atoms with E-state index in [1.807, 2.05) is 24.4 Å². The molecule has 23 heavy (non-hydrogen) atoms. The van der Waals surface area contributed by atoms with Gasteiger partial charge in [-0.1, -0.05) is 6.07 Å². The summed E-state index contributed by atoms with van der Waals surface area (Å²) in [6.45, 7) is 3.98. The fourth-order valence-corrected chi connectivity index (χ4v) is 2.72. The molecular formula is C15H21N7O. The molecule has 0 spiro atoms. The normalized spacial score (nSPS) is 16.2. The number of hydrogen-bond acceptors (Lipinski definition) is 8. The second-order valence-corrected chi connectivity index (χ2v) is 5.45. The van der Waals surface area contributed by atoms with Gasteiger partial charge < -0.3 is 9.32 Å². The number of hydrazone groups is 1. The monoisotopic (exact) mass is 315 g/mol. The zero-order valence-corrected chi connectivity index (χ0v) is 13.2. The number of rotatable bonds is 5. The van der Waals surface area contributed by atoms with Gasteiger partial charge in [0.05, 0.1) is 0 Å². The molecule has 0 aromatic carbocycles. The molecule has 1 aliphatic heterocycles. The van der Waals surface area contributed by atoms with Crippen molar-refractivity contribution >= 4 is 12.0 Å². The molecular weight excluding hydrogens is 294 g/mol. The molecule has 3 rings (SSSR count). The molecule has 1 aliphatic rings. The summed E-state index contributed by atoms with van der Waals surface area (Å²) in [6, 6.07) is 5.98. The molecule has 122 valence electrons. The molecule has 0 amide bonds. The third kappa shape index (κ3) is 3.84. The van der Waals surface area contributed by atoms with Crippen molar-refractivity contribution in [2.24, 2.45) is 10.9 Å². The minimum Gasteiger partial charge on any atom is -0.423 e. The maximum Gasteiger partial charge on any atom is 0.239 e. The fourth-order valence-electron chi connectivity index (χ4n) is 2.72. The number of hydrazine groups is 1. The van der Waals surface area contributed by atoms with Gasteiger partial charge in [-0.15, -0.1) is 10.2 Å². The molecule has 8 heteroatoms. The maximum absolute atomic E-state index is 5.73. The molecule has 2 aromatic rings. The Hall–Kier alpha value is -2.48. The molecule has 1 fully saturated rings. The Morgan fingerprint density at radius 2 is 2.22 bits per heavy atom. The SMILES string of the molecule is C/C=N\N(N)Cc1nnc(C2CCN(c3ccccn3)CC2)o1. The van der Waals surface area contributed by atoms with Crippen LogP contribution in [0.1, 0.15) is 37.5 Å². The Morgan fingerprint density at radius 3 is 2.91 bits per heavy atom. The zero-order valence-electron chi connectivity index (χ0n) is 13.2. The molecule has 1 saturated heterocycles. The van der Waals surface area contributed by atoms with Gasteiger partial charge in [0.2, 0.25) is 11.8 Å². The summed E-state index contributed by atoms with van der Waals surface area (Å²) in [4.78, 5) is 6.68. The lowest BCUT2D eigenvalue weighted by molar-refractivity contribution is 0.251. The van der Waals surface area contributed by atoms with Gasteiger partial charge in [-0.2, -0.15) is 5.10 Å². The highest BCUT2D eigenvalue weighted by molar-refractivity contribution is 5.52. The highest BCUT2D eigenvalue weighted by atomic mass is 16.4. The molecule has 0 atom stereocenters. The third-order valence-electron chi connectivity index (χ3n) is 3.86. The minimum absolute atomic E-state index is 0.289. The highest BCUT2D eigenvalue weighted by Crippen LogP contribution is 2.29. The van der Waals surface area contributed by atoms with E-state index in [1.165, 1.54) is 5.12 Å². The van der Waals surface area contributed by atoms with E-state index in [9.17, 15) is 0 Å². The Labute approximate surface area is 135 Å². The lowest BCUT2D eigenvalue weighted by Gasteiger charge is -2.31. The summed E-state index contributed by atoms with van der Waals surface area (Å²) < 4.78 is 5.73. The van der Waals surface area contributed by atoms with E-state index in [-0.39, 0.29) is 5.92 Å². The van der Waals surface area contributed by atoms with E-state index in [1.54, 1.807) is 13.1 Å². The molecule has 0 radical (unpaired) electrons. The van der Waals surface area contributed by atoms with Crippen molar-refractivity contribution in [2.75, 3.05) is 18.0 Å². The molecule has 2 aromatic heterocycles. The van der Waals surface area contributed by atoms with Gasteiger partial charge in [0, 0.05) is 31.4 Å². The van der Waals surface area contributed by atoms with Crippen LogP contribution in [0.25, 0.3) is 0 Å². The fraction of sp³-hybridized carbons (Fsp3) is 0.467. The number of nitrogens with zero attached hydrogens (tertiary/aromatic N) is 6. The summed E-state index contributed by atoms with van der Waals surface area (Å²) in [7, 11) is 0. The molecule has 0 unspecified atom stereocenters. The minimum atomic E-state index is 0.289. The summed E-state index contributed by atoms with van der Waals surface area (Å²) in [5.74, 6) is 8.17. The van der Waals surface area contributed by atoms with Gasteiger partial charge in [0.15, 0.2) is 0 Å². The molecule has 3 heterocycles. The lowest BCUT2D eigenvalue weighted by Crippen LogP contribution is -2.33. The van der Waals surface area contributed by atoms with Crippen LogP contribution in [0.15, 0.2) is 33.9 Å². The smallest absolute Gasteiger partial charge is 0.239 e. The highest BCUT2D eigenvalue weighted by Gasteiger charge is 2.25. The van der Waals surface area contributed by atoms with Crippen LogP contribution in [0.5, 0.6) is 0 Å². The first-order chi connectivity index (χ1) is 11.3. The predicted octanol–water partition coefficient (Wildman–Crippen LogP) is 1.53. The van der Waals surface area contributed by atoms with Crippen LogP contribution in [0.2, 0.25) is 0 Å². The van der Waals surface area contributed by atoms with Crippen LogP contribution in [-0.2, 0) is 6.54 Å². The van der Waals surface area contributed by atoms with Crippen molar-refractivity contribution < 1.29 is 4.42 Å². The van der Waals surface area contributed by atoms with Crippen molar-refractivity contribution in [3.8, 4) is 0 Å². The number of anilines is 1. The first-order valence-corrected chi connectivity index (χ1v) is 7.75. The van der Waals surface area contributed by atoms with Crippen molar-refractivity contribution in [1.82, 2.24) is 20.3 Å². The Balaban J connectivity index is 1.57. The van der Waals surface area contributed by atoms with Gasteiger partial charge in [-0.3, -0.25) is 0 Å². The molecule has 2 N–H and O–H groups in total. The van der Waals surface area contributed by atoms with Gasteiger partial charge in [-0.25, -0.2) is 15.9 Å². The summed E-state index contributed by atoms with van der Waals surface area (Å²) in [6.07, 6.45) is 5.38. The second kappa shape index (κ2) is 7.19. The van der Waals surface area contributed by atoms with Crippen molar-refractivity contribution in [3.63, 3.8) is 0 Å². The molecule has 0 saturated carbocycles. The summed E-state index contributed by atoms with van der Waals surface area (Å²) in [5, 5.41) is 13.4. The maximum atomic E-state index is 5.73. The number of aromatic nitrogens is 3. The van der Waals surface area contributed by atoms with Crippen LogP contribution < -0.4 is 10.7 Å². The first kappa shape index (κ1) is 15.4. The van der Waals surface area contributed by atoms with Crippen molar-refractivity contribution in [3.05, 3.63) is 36.2 Å². The lowest BCUT2D eigenvalue weighted by atomic mass is 9.97. The van der Waals surface area contributed by atoms with Crippen LogP contribution in [-0.4, -0.2) is 39.6 Å². The Morgan fingerprint density at radius 1 is 1.39 bits per heavy atom. The summed E-state index contributed by atoms with van der Waals surface area (Å²) >= 11 is 0. The van der Waals surface area contributed by atoms with Crippen molar-refractivity contribution in [2.45, 2.75) is 32.2 Å². The van der Waals surface area contributed by atoms with Crippen LogP contribution in [0, 0.1) is 0 Å². The standard InChI is InChI=1S/C15H21N7O/c1-2-18-22(16)11-14-19-20-15(23-14)12-6-9-21(10-7-12)13-5-3-4-8-17-13/h2-5,8,12H,6-7,9-11,16H2,1H3/b18-2-. The van der Waals surface area contributed by atoms with Crippen LogP contribution >= 0.6 is 0 Å². The van der Waals surface area contributed by atoms with Crippen molar-refractivity contribution in [1.29, 1.82) is 0 Å². The van der Waals surface area contributed by atoms with Crippen LogP contribution in [0.4, 0.5) is 5.82 Å². The predicted molar refractivity (Wildman–Crippen MR) is 86.6 cm³/mol. The molecule has 0 aliphatic carbocycles. The Bertz CT molecular complexity index is 634. The topological polar surface area (TPSA) is 96.7 Å². The third-order valence-corrected chi connectivity index (χ3v) is 3.86. The summed E-state index contributed by atoms with van der Waals surface area (Å²) in [5.41, 5.74) is 0. The van der Waals surface area contributed by atoms with Crippen LogP contribution in [0.3, 0.4) is 0 Å². The number of nitrogens with two attached hydrogens (primary N) is 1. The van der Waals surface area contributed by atoms with Gasteiger partial charge in [-0.05, 0) is 31.9 Å². The van der Waals surface area contributed by atoms with E-state index < -0.39 is 0 Å². The van der Waals surface area contributed by atoms with E-state index in [0.717, 1.165) is 31.7 Å². The Kier molecular flexibility index (Phi) is 4.82. The van der Waals surface area contributed by atoms with E-state index in [2.05, 4.69) is 25.2 Å². The van der Waals surface area contributed by atoms with E-state index in [0.29, 0.717) is 18.3 Å². The quantitative estimate of drug-likeness (QED) is 0.507. The van der Waals surface area contributed by atoms with Gasteiger partial charge in [0.25, 0.3) is 0 Å².